The van der Waals surface area contributed by atoms with E-state index in [1.54, 1.807) is 12.1 Å². The maximum absolute atomic E-state index is 13.0. The number of sulfonamides is 1. The van der Waals surface area contributed by atoms with Crippen molar-refractivity contribution in [3.8, 4) is 0 Å². The molecular formula is C24H30ClN3O3S. The normalized spacial score (nSPS) is 20.3. The highest BCUT2D eigenvalue weighted by atomic mass is 35.5. The Bertz CT molecular complexity index is 1040. The lowest BCUT2D eigenvalue weighted by Gasteiger charge is -2.31. The van der Waals surface area contributed by atoms with E-state index in [2.05, 4.69) is 22.3 Å². The lowest BCUT2D eigenvalue weighted by molar-refractivity contribution is -0.126. The molecule has 2 aliphatic rings. The Balaban J connectivity index is 1.37. The molecule has 0 spiro atoms. The molecule has 0 bridgehead atoms. The molecule has 2 aliphatic heterocycles. The van der Waals surface area contributed by atoms with E-state index in [9.17, 15) is 13.2 Å². The van der Waals surface area contributed by atoms with Crippen molar-refractivity contribution in [2.45, 2.75) is 43.7 Å². The van der Waals surface area contributed by atoms with Crippen LogP contribution in [0, 0.1) is 5.92 Å². The first-order valence-electron chi connectivity index (χ1n) is 11.3. The quantitative estimate of drug-likeness (QED) is 0.663. The van der Waals surface area contributed by atoms with Crippen LogP contribution >= 0.6 is 11.6 Å². The molecule has 8 heteroatoms. The summed E-state index contributed by atoms with van der Waals surface area (Å²) >= 11 is 5.89. The van der Waals surface area contributed by atoms with Gasteiger partial charge in [0, 0.05) is 31.2 Å². The van der Waals surface area contributed by atoms with Crippen LogP contribution in [-0.4, -0.2) is 49.7 Å². The highest BCUT2D eigenvalue weighted by Crippen LogP contribution is 2.25. The first-order chi connectivity index (χ1) is 15.4. The van der Waals surface area contributed by atoms with Crippen molar-refractivity contribution in [3.05, 3.63) is 64.7 Å². The summed E-state index contributed by atoms with van der Waals surface area (Å²) in [6.07, 6.45) is 3.84. The van der Waals surface area contributed by atoms with Crippen LogP contribution in [0.3, 0.4) is 0 Å². The Labute approximate surface area is 195 Å². The fourth-order valence-electron chi connectivity index (χ4n) is 4.52. The van der Waals surface area contributed by atoms with Gasteiger partial charge >= 0.3 is 0 Å². The van der Waals surface area contributed by atoms with Crippen LogP contribution in [-0.2, 0) is 27.9 Å². The van der Waals surface area contributed by atoms with Crippen molar-refractivity contribution in [1.29, 1.82) is 0 Å². The number of hydrogen-bond acceptors (Lipinski definition) is 4. The van der Waals surface area contributed by atoms with E-state index in [0.717, 1.165) is 25.2 Å². The third kappa shape index (κ3) is 5.52. The Morgan fingerprint density at radius 2 is 1.66 bits per heavy atom. The van der Waals surface area contributed by atoms with Crippen molar-refractivity contribution in [1.82, 2.24) is 14.5 Å². The number of benzene rings is 2. The average molecular weight is 476 g/mol. The van der Waals surface area contributed by atoms with Gasteiger partial charge in [0.1, 0.15) is 0 Å². The van der Waals surface area contributed by atoms with Crippen LogP contribution < -0.4 is 5.32 Å². The van der Waals surface area contributed by atoms with Crippen molar-refractivity contribution in [3.63, 3.8) is 0 Å². The van der Waals surface area contributed by atoms with Crippen molar-refractivity contribution in [2.24, 2.45) is 5.92 Å². The molecule has 0 radical (unpaired) electrons. The van der Waals surface area contributed by atoms with Gasteiger partial charge in [0.05, 0.1) is 10.8 Å². The number of carbonyl (C=O) groups excluding carboxylic acids is 1. The third-order valence-corrected chi connectivity index (χ3v) is 8.50. The molecule has 6 nitrogen and oxygen atoms in total. The maximum Gasteiger partial charge on any atom is 0.243 e. The molecule has 0 aliphatic carbocycles. The first-order valence-corrected chi connectivity index (χ1v) is 13.1. The molecule has 2 aromatic rings. The van der Waals surface area contributed by atoms with Gasteiger partial charge < -0.3 is 5.32 Å². The minimum Gasteiger partial charge on any atom is -0.352 e. The van der Waals surface area contributed by atoms with Crippen LogP contribution in [0.5, 0.6) is 0 Å². The zero-order valence-corrected chi connectivity index (χ0v) is 19.7. The summed E-state index contributed by atoms with van der Waals surface area (Å²) in [5, 5.41) is 3.55. The summed E-state index contributed by atoms with van der Waals surface area (Å²) in [5.74, 6) is -0.437. The zero-order chi connectivity index (χ0) is 22.6. The third-order valence-electron chi connectivity index (χ3n) is 6.37. The highest BCUT2D eigenvalue weighted by Gasteiger charge is 2.33. The molecule has 0 saturated carbocycles. The number of amides is 1. The number of piperidine rings is 1. The maximum atomic E-state index is 13.0. The van der Waals surface area contributed by atoms with Gasteiger partial charge in [0.15, 0.2) is 0 Å². The average Bonchev–Trinajstić information content (AvgIpc) is 3.32. The molecule has 1 N–H and O–H groups in total. The molecule has 2 saturated heterocycles. The largest absolute Gasteiger partial charge is 0.352 e. The van der Waals surface area contributed by atoms with Gasteiger partial charge in [-0.15, -0.1) is 0 Å². The molecule has 0 unspecified atom stereocenters. The van der Waals surface area contributed by atoms with Gasteiger partial charge in [-0.25, -0.2) is 8.42 Å². The van der Waals surface area contributed by atoms with Gasteiger partial charge in [-0.3, -0.25) is 9.69 Å². The zero-order valence-electron chi connectivity index (χ0n) is 18.2. The Kier molecular flexibility index (Phi) is 7.51. The second-order valence-corrected chi connectivity index (χ2v) is 11.0. The monoisotopic (exact) mass is 475 g/mol. The summed E-state index contributed by atoms with van der Waals surface area (Å²) in [4.78, 5) is 15.6. The molecule has 172 valence electrons. The van der Waals surface area contributed by atoms with Gasteiger partial charge in [-0.05, 0) is 74.2 Å². The molecule has 1 atom stereocenters. The van der Waals surface area contributed by atoms with E-state index in [1.807, 2.05) is 12.1 Å². The van der Waals surface area contributed by atoms with E-state index in [-0.39, 0.29) is 23.3 Å². The standard InChI is InChI=1S/C24H30ClN3O3S/c25-22-9-11-23(12-10-22)32(30,31)28-15-5-8-21(18-28)24(29)26-16-19-6-1-2-7-20(19)17-27-13-3-4-14-27/h1-2,6-7,9-12,21H,3-5,8,13-18H2,(H,26,29)/t21-/m0/s1. The SMILES string of the molecule is O=C(NCc1ccccc1CN1CCCC1)[C@H]1CCCN(S(=O)(=O)c2ccc(Cl)cc2)C1. The van der Waals surface area contributed by atoms with Crippen LogP contribution in [0.4, 0.5) is 0 Å². The smallest absolute Gasteiger partial charge is 0.243 e. The topological polar surface area (TPSA) is 69.7 Å². The van der Waals surface area contributed by atoms with Crippen LogP contribution in [0.15, 0.2) is 53.4 Å². The second-order valence-electron chi connectivity index (χ2n) is 8.63. The molecule has 2 heterocycles. The molecule has 2 aromatic carbocycles. The fourth-order valence-corrected chi connectivity index (χ4v) is 6.17. The number of carbonyl (C=O) groups is 1. The summed E-state index contributed by atoms with van der Waals surface area (Å²) < 4.78 is 27.4. The summed E-state index contributed by atoms with van der Waals surface area (Å²) in [6.45, 7) is 4.24. The second kappa shape index (κ2) is 10.3. The Morgan fingerprint density at radius 3 is 2.38 bits per heavy atom. The van der Waals surface area contributed by atoms with Crippen LogP contribution in [0.25, 0.3) is 0 Å². The summed E-state index contributed by atoms with van der Waals surface area (Å²) in [5.41, 5.74) is 2.36. The van der Waals surface area contributed by atoms with E-state index in [4.69, 9.17) is 11.6 Å². The van der Waals surface area contributed by atoms with Gasteiger partial charge in [0.25, 0.3) is 0 Å². The fraction of sp³-hybridized carbons (Fsp3) is 0.458. The number of halogens is 1. The number of rotatable bonds is 7. The number of likely N-dealkylation sites (tertiary alicyclic amines) is 1. The molecular weight excluding hydrogens is 446 g/mol. The van der Waals surface area contributed by atoms with Crippen molar-refractivity contribution in [2.75, 3.05) is 26.2 Å². The lowest BCUT2D eigenvalue weighted by Crippen LogP contribution is -2.45. The van der Waals surface area contributed by atoms with Crippen LogP contribution in [0.2, 0.25) is 5.02 Å². The number of nitrogens with zero attached hydrogens (tertiary/aromatic N) is 2. The number of hydrogen-bond donors (Lipinski definition) is 1. The minimum absolute atomic E-state index is 0.0861. The van der Waals surface area contributed by atoms with E-state index >= 15 is 0 Å². The van der Waals surface area contributed by atoms with Crippen molar-refractivity contribution >= 4 is 27.5 Å². The predicted octanol–water partition coefficient (Wildman–Crippen LogP) is 3.65. The van der Waals surface area contributed by atoms with Gasteiger partial charge in [0.2, 0.25) is 15.9 Å². The van der Waals surface area contributed by atoms with Crippen molar-refractivity contribution < 1.29 is 13.2 Å². The molecule has 0 aromatic heterocycles. The molecule has 2 fully saturated rings. The van der Waals surface area contributed by atoms with E-state index in [1.165, 1.54) is 34.8 Å². The molecule has 32 heavy (non-hydrogen) atoms. The van der Waals surface area contributed by atoms with E-state index in [0.29, 0.717) is 31.0 Å². The minimum atomic E-state index is -3.64. The molecule has 4 rings (SSSR count). The Hall–Kier alpha value is -1.93. The van der Waals surface area contributed by atoms with Gasteiger partial charge in [-0.2, -0.15) is 4.31 Å². The first kappa shape index (κ1) is 23.2. The van der Waals surface area contributed by atoms with Crippen LogP contribution in [0.1, 0.15) is 36.8 Å². The van der Waals surface area contributed by atoms with E-state index < -0.39 is 10.0 Å². The van der Waals surface area contributed by atoms with Gasteiger partial charge in [-0.1, -0.05) is 35.9 Å². The number of nitrogens with one attached hydrogen (secondary N) is 1. The highest BCUT2D eigenvalue weighted by molar-refractivity contribution is 7.89. The summed E-state index contributed by atoms with van der Waals surface area (Å²) in [6, 6.07) is 14.4. The Morgan fingerprint density at radius 1 is 0.969 bits per heavy atom. The predicted molar refractivity (Wildman–Crippen MR) is 126 cm³/mol. The lowest BCUT2D eigenvalue weighted by atomic mass is 9.98. The summed E-state index contributed by atoms with van der Waals surface area (Å²) in [7, 11) is -3.64. The molecule has 1 amide bonds.